The van der Waals surface area contributed by atoms with Crippen molar-refractivity contribution in [1.82, 2.24) is 24.8 Å². The number of likely N-dealkylation sites (N-methyl/N-ethyl adjacent to an activating group) is 1. The highest BCUT2D eigenvalue weighted by atomic mass is 79.9. The van der Waals surface area contributed by atoms with Crippen molar-refractivity contribution < 1.29 is 13.2 Å². The minimum absolute atomic E-state index is 0.126. The molecule has 2 N–H and O–H groups in total. The Morgan fingerprint density at radius 2 is 1.77 bits per heavy atom. The Morgan fingerprint density at radius 1 is 1.02 bits per heavy atom. The van der Waals surface area contributed by atoms with Gasteiger partial charge in [-0.2, -0.15) is 4.98 Å². The number of piperazine rings is 1. The lowest BCUT2D eigenvalue weighted by molar-refractivity contribution is 0.312. The number of benzene rings is 2. The van der Waals surface area contributed by atoms with Crippen LogP contribution in [-0.2, 0) is 10.0 Å². The Hall–Kier alpha value is -3.75. The van der Waals surface area contributed by atoms with Gasteiger partial charge in [-0.3, -0.25) is 14.3 Å². The van der Waals surface area contributed by atoms with E-state index in [1.165, 1.54) is 10.6 Å². The maximum atomic E-state index is 13.0. The zero-order chi connectivity index (χ0) is 30.3. The molecule has 1 saturated carbocycles. The Labute approximate surface area is 259 Å². The zero-order valence-corrected chi connectivity index (χ0v) is 26.9. The van der Waals surface area contributed by atoms with Gasteiger partial charge in [-0.05, 0) is 66.5 Å². The van der Waals surface area contributed by atoms with E-state index in [9.17, 15) is 8.42 Å². The number of fused-ring (bicyclic) bond motifs is 1. The summed E-state index contributed by atoms with van der Waals surface area (Å²) in [5.41, 5.74) is 5.09. The van der Waals surface area contributed by atoms with Gasteiger partial charge in [0.05, 0.1) is 34.7 Å². The van der Waals surface area contributed by atoms with E-state index < -0.39 is 10.0 Å². The number of nitrogens with zero attached hydrogens (tertiary/aromatic N) is 7. The molecule has 14 heteroatoms. The van der Waals surface area contributed by atoms with Crippen molar-refractivity contribution in [2.45, 2.75) is 25.8 Å². The van der Waals surface area contributed by atoms with Crippen LogP contribution in [0.25, 0.3) is 11.0 Å². The predicted octanol–water partition coefficient (Wildman–Crippen LogP) is 4.67. The highest BCUT2D eigenvalue weighted by molar-refractivity contribution is 9.10. The number of rotatable bonds is 9. The molecule has 0 atom stereocenters. The van der Waals surface area contributed by atoms with Gasteiger partial charge in [0.1, 0.15) is 22.8 Å². The van der Waals surface area contributed by atoms with Crippen LogP contribution in [0.5, 0.6) is 5.75 Å². The van der Waals surface area contributed by atoms with Gasteiger partial charge < -0.3 is 25.2 Å². The number of nitrogens with one attached hydrogen (secondary N) is 2. The van der Waals surface area contributed by atoms with Crippen LogP contribution < -0.4 is 24.6 Å². The molecule has 2 aromatic heterocycles. The van der Waals surface area contributed by atoms with Gasteiger partial charge in [-0.15, -0.1) is 0 Å². The summed E-state index contributed by atoms with van der Waals surface area (Å²) in [6.45, 7) is 6.03. The van der Waals surface area contributed by atoms with E-state index in [0.29, 0.717) is 44.4 Å². The van der Waals surface area contributed by atoms with Crippen molar-refractivity contribution in [3.8, 4) is 5.75 Å². The van der Waals surface area contributed by atoms with Crippen LogP contribution in [0.1, 0.15) is 18.4 Å². The van der Waals surface area contributed by atoms with Crippen LogP contribution in [0.4, 0.5) is 34.5 Å². The quantitative estimate of drug-likeness (QED) is 0.258. The van der Waals surface area contributed by atoms with E-state index in [1.54, 1.807) is 31.8 Å². The molecule has 4 aromatic rings. The Balaban J connectivity index is 1.34. The molecule has 226 valence electrons. The van der Waals surface area contributed by atoms with Gasteiger partial charge in [-0.25, -0.2) is 13.4 Å². The molecule has 12 nitrogen and oxygen atoms in total. The molecule has 0 unspecified atom stereocenters. The fourth-order valence-corrected chi connectivity index (χ4v) is 6.93. The summed E-state index contributed by atoms with van der Waals surface area (Å²) >= 11 is 3.55. The monoisotopic (exact) mass is 667 g/mol. The van der Waals surface area contributed by atoms with Crippen molar-refractivity contribution >= 4 is 71.5 Å². The second kappa shape index (κ2) is 11.7. The average Bonchev–Trinajstić information content (AvgIpc) is 3.81. The van der Waals surface area contributed by atoms with Crippen molar-refractivity contribution in [1.29, 1.82) is 0 Å². The predicted molar refractivity (Wildman–Crippen MR) is 174 cm³/mol. The first-order valence-corrected chi connectivity index (χ1v) is 16.7. The molecule has 2 aliphatic rings. The van der Waals surface area contributed by atoms with Crippen LogP contribution in [-0.4, -0.2) is 85.9 Å². The van der Waals surface area contributed by atoms with Gasteiger partial charge >= 0.3 is 0 Å². The lowest BCUT2D eigenvalue weighted by Crippen LogP contribution is -2.44. The number of ether oxygens (including phenoxy) is 1. The van der Waals surface area contributed by atoms with Gasteiger partial charge in [0.25, 0.3) is 0 Å². The van der Waals surface area contributed by atoms with E-state index in [0.717, 1.165) is 56.0 Å². The fourth-order valence-electron chi connectivity index (χ4n) is 5.37. The lowest BCUT2D eigenvalue weighted by Gasteiger charge is -2.35. The second-order valence-electron chi connectivity index (χ2n) is 10.9. The summed E-state index contributed by atoms with van der Waals surface area (Å²) in [4.78, 5) is 22.8. The first kappa shape index (κ1) is 29.3. The number of hydrogen-bond acceptors (Lipinski definition) is 11. The van der Waals surface area contributed by atoms with E-state index in [-0.39, 0.29) is 6.04 Å². The molecule has 43 heavy (non-hydrogen) atoms. The molecule has 1 saturated heterocycles. The normalized spacial score (nSPS) is 15.9. The average molecular weight is 669 g/mol. The first-order chi connectivity index (χ1) is 20.6. The first-order valence-electron chi connectivity index (χ1n) is 14.0. The molecular weight excluding hydrogens is 634 g/mol. The SMILES string of the molecule is COc1cc(N2CCN(C)CC2)c(C)cc1Nc1ncc(Br)c(Nc2ccc3nccnc3c2N(C2CC2)S(C)(=O)=O)n1. The van der Waals surface area contributed by atoms with E-state index >= 15 is 0 Å². The summed E-state index contributed by atoms with van der Waals surface area (Å²) in [6.07, 6.45) is 7.58. The molecule has 1 aliphatic carbocycles. The minimum atomic E-state index is -3.60. The molecule has 0 radical (unpaired) electrons. The van der Waals surface area contributed by atoms with Gasteiger partial charge in [-0.1, -0.05) is 0 Å². The third-order valence-electron chi connectivity index (χ3n) is 7.68. The largest absolute Gasteiger partial charge is 0.494 e. The Morgan fingerprint density at radius 3 is 2.47 bits per heavy atom. The number of hydrogen-bond donors (Lipinski definition) is 2. The molecule has 1 aliphatic heterocycles. The fraction of sp³-hybridized carbons (Fsp3) is 0.379. The van der Waals surface area contributed by atoms with Gasteiger partial charge in [0.15, 0.2) is 0 Å². The Kier molecular flexibility index (Phi) is 8.00. The summed E-state index contributed by atoms with van der Waals surface area (Å²) in [6, 6.07) is 7.59. The van der Waals surface area contributed by atoms with Crippen LogP contribution >= 0.6 is 15.9 Å². The van der Waals surface area contributed by atoms with Crippen LogP contribution in [0.15, 0.2) is 47.3 Å². The lowest BCUT2D eigenvalue weighted by atomic mass is 10.1. The molecule has 3 heterocycles. The standard InChI is InChI=1S/C29H34BrN9O3S/c1-18-15-23(25(42-3)16-24(18)38-13-11-37(2)12-14-38)35-29-33-17-20(30)28(36-29)34-22-8-7-21-26(32-10-9-31-21)27(22)39(19-5-6-19)43(4,40)41/h7-10,15-17,19H,5-6,11-14H2,1-4H3,(H2,33,34,35,36). The molecular formula is C29H34BrN9O3S. The number of methoxy groups -OCH3 is 1. The van der Waals surface area contributed by atoms with E-state index in [4.69, 9.17) is 9.72 Å². The number of aromatic nitrogens is 4. The zero-order valence-electron chi connectivity index (χ0n) is 24.5. The number of aryl methyl sites for hydroxylation is 1. The summed E-state index contributed by atoms with van der Waals surface area (Å²) < 4.78 is 33.8. The highest BCUT2D eigenvalue weighted by Gasteiger charge is 2.38. The van der Waals surface area contributed by atoms with Crippen molar-refractivity contribution in [3.05, 3.63) is 52.9 Å². The van der Waals surface area contributed by atoms with Crippen LogP contribution in [0, 0.1) is 6.92 Å². The molecule has 0 spiro atoms. The maximum absolute atomic E-state index is 13.0. The minimum Gasteiger partial charge on any atom is -0.494 e. The third kappa shape index (κ3) is 6.17. The van der Waals surface area contributed by atoms with E-state index in [1.807, 2.05) is 12.1 Å². The van der Waals surface area contributed by atoms with Crippen molar-refractivity contribution in [3.63, 3.8) is 0 Å². The van der Waals surface area contributed by atoms with Gasteiger partial charge in [0, 0.05) is 62.6 Å². The highest BCUT2D eigenvalue weighted by Crippen LogP contribution is 2.43. The van der Waals surface area contributed by atoms with Crippen molar-refractivity contribution in [2.75, 3.05) is 66.4 Å². The maximum Gasteiger partial charge on any atom is 0.232 e. The molecule has 0 bridgehead atoms. The van der Waals surface area contributed by atoms with E-state index in [2.05, 4.69) is 71.4 Å². The molecule has 2 aromatic carbocycles. The third-order valence-corrected chi connectivity index (χ3v) is 9.45. The topological polar surface area (TPSA) is 129 Å². The number of halogens is 1. The second-order valence-corrected chi connectivity index (χ2v) is 13.7. The molecule has 2 fully saturated rings. The van der Waals surface area contributed by atoms with Gasteiger partial charge in [0.2, 0.25) is 16.0 Å². The number of sulfonamides is 1. The molecule has 6 rings (SSSR count). The summed E-state index contributed by atoms with van der Waals surface area (Å²) in [7, 11) is 0.194. The smallest absolute Gasteiger partial charge is 0.232 e. The summed E-state index contributed by atoms with van der Waals surface area (Å²) in [5.74, 6) is 1.49. The van der Waals surface area contributed by atoms with Crippen molar-refractivity contribution in [2.24, 2.45) is 0 Å². The van der Waals surface area contributed by atoms with Crippen LogP contribution in [0.3, 0.4) is 0 Å². The Bertz CT molecular complexity index is 1780. The number of anilines is 6. The van der Waals surface area contributed by atoms with Crippen LogP contribution in [0.2, 0.25) is 0 Å². The summed E-state index contributed by atoms with van der Waals surface area (Å²) in [5, 5.41) is 6.65. The molecule has 0 amide bonds.